The Kier molecular flexibility index (Phi) is 4.66. The molecule has 0 spiro atoms. The summed E-state index contributed by atoms with van der Waals surface area (Å²) in [6.07, 6.45) is 1.64. The molecule has 1 aromatic carbocycles. The first-order valence-corrected chi connectivity index (χ1v) is 9.57. The number of morpholine rings is 1. The topological polar surface area (TPSA) is 86.8 Å². The van der Waals surface area contributed by atoms with Crippen molar-refractivity contribution in [3.05, 3.63) is 59.0 Å². The minimum absolute atomic E-state index is 0.132. The molecule has 0 unspecified atom stereocenters. The van der Waals surface area contributed by atoms with E-state index in [0.717, 1.165) is 19.6 Å². The highest BCUT2D eigenvalue weighted by atomic mass is 16.5. The molecule has 4 heterocycles. The van der Waals surface area contributed by atoms with E-state index in [2.05, 4.69) is 20.0 Å². The summed E-state index contributed by atoms with van der Waals surface area (Å²) in [6, 6.07) is 13.0. The van der Waals surface area contributed by atoms with Crippen molar-refractivity contribution in [3.63, 3.8) is 0 Å². The maximum atomic E-state index is 13.1. The molecule has 9 nitrogen and oxygen atoms in total. The summed E-state index contributed by atoms with van der Waals surface area (Å²) in [7, 11) is 0. The van der Waals surface area contributed by atoms with Crippen molar-refractivity contribution in [2.45, 2.75) is 6.54 Å². The number of pyridine rings is 1. The Morgan fingerprint density at radius 3 is 2.69 bits per heavy atom. The molecule has 29 heavy (non-hydrogen) atoms. The number of rotatable bonds is 5. The lowest BCUT2D eigenvalue weighted by atomic mass is 10.3. The Hall–Kier alpha value is -3.30. The van der Waals surface area contributed by atoms with Gasteiger partial charge in [-0.3, -0.25) is 14.3 Å². The van der Waals surface area contributed by atoms with Crippen molar-refractivity contribution < 1.29 is 9.47 Å². The minimum atomic E-state index is -0.132. The van der Waals surface area contributed by atoms with Crippen molar-refractivity contribution in [1.29, 1.82) is 0 Å². The van der Waals surface area contributed by atoms with Gasteiger partial charge in [-0.1, -0.05) is 18.2 Å². The molecule has 0 bridgehead atoms. The molecule has 1 aliphatic heterocycles. The van der Waals surface area contributed by atoms with Crippen LogP contribution in [0, 0.1) is 0 Å². The molecule has 1 fully saturated rings. The van der Waals surface area contributed by atoms with Crippen LogP contribution < -0.4 is 10.3 Å². The van der Waals surface area contributed by atoms with Crippen LogP contribution in [0.15, 0.2) is 53.5 Å². The van der Waals surface area contributed by atoms with Crippen molar-refractivity contribution in [1.82, 2.24) is 29.0 Å². The fourth-order valence-electron chi connectivity index (χ4n) is 3.48. The molecule has 1 aliphatic rings. The van der Waals surface area contributed by atoms with E-state index >= 15 is 0 Å². The first-order valence-electron chi connectivity index (χ1n) is 9.57. The largest absolute Gasteiger partial charge is 0.423 e. The van der Waals surface area contributed by atoms with Gasteiger partial charge < -0.3 is 9.47 Å². The predicted molar refractivity (Wildman–Crippen MR) is 106 cm³/mol. The number of aromatic nitrogens is 5. The first kappa shape index (κ1) is 17.8. The molecule has 148 valence electrons. The van der Waals surface area contributed by atoms with Crippen LogP contribution in [0.5, 0.6) is 11.8 Å². The second-order valence-electron chi connectivity index (χ2n) is 6.81. The highest BCUT2D eigenvalue weighted by Gasteiger charge is 2.18. The van der Waals surface area contributed by atoms with Gasteiger partial charge in [-0.2, -0.15) is 9.50 Å². The van der Waals surface area contributed by atoms with Gasteiger partial charge in [0.2, 0.25) is 5.78 Å². The lowest BCUT2D eigenvalue weighted by Gasteiger charge is -2.26. The molecule has 9 heteroatoms. The van der Waals surface area contributed by atoms with Gasteiger partial charge in [-0.25, -0.2) is 4.98 Å². The monoisotopic (exact) mass is 392 g/mol. The fraction of sp³-hybridized carbons (Fsp3) is 0.300. The van der Waals surface area contributed by atoms with E-state index in [0.29, 0.717) is 42.3 Å². The lowest BCUT2D eigenvalue weighted by Crippen LogP contribution is -2.39. The molecule has 4 aromatic rings. The maximum absolute atomic E-state index is 13.1. The quantitative estimate of drug-likeness (QED) is 0.509. The average molecular weight is 392 g/mol. The maximum Gasteiger partial charge on any atom is 0.343 e. The third-order valence-electron chi connectivity index (χ3n) is 4.97. The smallest absolute Gasteiger partial charge is 0.343 e. The highest BCUT2D eigenvalue weighted by Crippen LogP contribution is 2.19. The van der Waals surface area contributed by atoms with E-state index in [1.807, 2.05) is 30.3 Å². The fourth-order valence-corrected chi connectivity index (χ4v) is 3.48. The Labute approximate surface area is 166 Å². The van der Waals surface area contributed by atoms with E-state index < -0.39 is 0 Å². The summed E-state index contributed by atoms with van der Waals surface area (Å²) in [5.74, 6) is 1.04. The highest BCUT2D eigenvalue weighted by molar-refractivity contribution is 5.75. The van der Waals surface area contributed by atoms with Crippen molar-refractivity contribution in [2.24, 2.45) is 0 Å². The normalized spacial score (nSPS) is 15.2. The molecule has 0 atom stereocenters. The zero-order chi connectivity index (χ0) is 19.6. The Morgan fingerprint density at radius 2 is 1.86 bits per heavy atom. The number of benzene rings is 1. The van der Waals surface area contributed by atoms with Gasteiger partial charge in [0.1, 0.15) is 5.75 Å². The number of hydrogen-bond acceptors (Lipinski definition) is 7. The Bertz CT molecular complexity index is 1200. The van der Waals surface area contributed by atoms with Gasteiger partial charge in [0.15, 0.2) is 5.65 Å². The number of hydrogen-bond donors (Lipinski definition) is 0. The number of nitrogens with zero attached hydrogens (tertiary/aromatic N) is 6. The van der Waals surface area contributed by atoms with Crippen LogP contribution in [0.2, 0.25) is 0 Å². The molecule has 0 radical (unpaired) electrons. The number of para-hydroxylation sites is 1. The molecular formula is C20H20N6O3. The van der Waals surface area contributed by atoms with Crippen LogP contribution in [0.1, 0.15) is 0 Å². The van der Waals surface area contributed by atoms with Crippen LogP contribution >= 0.6 is 0 Å². The molecule has 5 rings (SSSR count). The van der Waals surface area contributed by atoms with E-state index in [1.54, 1.807) is 27.4 Å². The average Bonchev–Trinajstić information content (AvgIpc) is 3.19. The summed E-state index contributed by atoms with van der Waals surface area (Å²) in [5, 5.41) is 4.96. The van der Waals surface area contributed by atoms with Crippen molar-refractivity contribution >= 4 is 16.8 Å². The molecule has 1 saturated heterocycles. The Morgan fingerprint density at radius 1 is 1.03 bits per heavy atom. The molecule has 0 amide bonds. The Balaban J connectivity index is 1.57. The van der Waals surface area contributed by atoms with Crippen LogP contribution in [-0.2, 0) is 11.3 Å². The summed E-state index contributed by atoms with van der Waals surface area (Å²) < 4.78 is 14.4. The SMILES string of the molecule is O=c1c2cccnc2n2nc(Oc3ccccc3)nc2n1CCN1CCOCC1. The van der Waals surface area contributed by atoms with Crippen LogP contribution in [-0.4, -0.2) is 61.9 Å². The van der Waals surface area contributed by atoms with Gasteiger partial charge in [0, 0.05) is 32.4 Å². The zero-order valence-electron chi connectivity index (χ0n) is 15.8. The van der Waals surface area contributed by atoms with Crippen molar-refractivity contribution in [3.8, 4) is 11.8 Å². The molecular weight excluding hydrogens is 372 g/mol. The molecule has 0 saturated carbocycles. The van der Waals surface area contributed by atoms with Crippen LogP contribution in [0.3, 0.4) is 0 Å². The van der Waals surface area contributed by atoms with Crippen LogP contribution in [0.4, 0.5) is 0 Å². The van der Waals surface area contributed by atoms with E-state index in [4.69, 9.17) is 9.47 Å². The first-order chi connectivity index (χ1) is 14.3. The van der Waals surface area contributed by atoms with E-state index in [-0.39, 0.29) is 11.6 Å². The third-order valence-corrected chi connectivity index (χ3v) is 4.97. The lowest BCUT2D eigenvalue weighted by molar-refractivity contribution is 0.0364. The van der Waals surface area contributed by atoms with E-state index in [1.165, 1.54) is 0 Å². The molecule has 0 aliphatic carbocycles. The summed E-state index contributed by atoms with van der Waals surface area (Å²) in [4.78, 5) is 24.3. The second kappa shape index (κ2) is 7.61. The third kappa shape index (κ3) is 3.45. The van der Waals surface area contributed by atoms with E-state index in [9.17, 15) is 4.79 Å². The van der Waals surface area contributed by atoms with Gasteiger partial charge in [0.05, 0.1) is 18.6 Å². The second-order valence-corrected chi connectivity index (χ2v) is 6.81. The number of fused-ring (bicyclic) bond motifs is 3. The van der Waals surface area contributed by atoms with Crippen molar-refractivity contribution in [2.75, 3.05) is 32.8 Å². The standard InChI is InChI=1S/C20H20N6O3/c27-18-16-7-4-8-21-17(16)26-20(25(18)10-9-24-11-13-28-14-12-24)22-19(23-26)29-15-5-2-1-3-6-15/h1-8H,9-14H2. The van der Waals surface area contributed by atoms with Gasteiger partial charge in [-0.05, 0) is 24.3 Å². The van der Waals surface area contributed by atoms with Gasteiger partial charge >= 0.3 is 6.01 Å². The summed E-state index contributed by atoms with van der Waals surface area (Å²) in [5.41, 5.74) is 0.332. The van der Waals surface area contributed by atoms with Gasteiger partial charge in [-0.15, -0.1) is 5.10 Å². The molecule has 0 N–H and O–H groups in total. The molecule has 3 aromatic heterocycles. The summed E-state index contributed by atoms with van der Waals surface area (Å²) >= 11 is 0. The summed E-state index contributed by atoms with van der Waals surface area (Å²) in [6.45, 7) is 4.37. The zero-order valence-corrected chi connectivity index (χ0v) is 15.8. The van der Waals surface area contributed by atoms with Gasteiger partial charge in [0.25, 0.3) is 5.56 Å². The minimum Gasteiger partial charge on any atom is -0.423 e. The van der Waals surface area contributed by atoms with Crippen LogP contribution in [0.25, 0.3) is 16.8 Å². The predicted octanol–water partition coefficient (Wildman–Crippen LogP) is 1.56. The number of ether oxygens (including phenoxy) is 2.